The molecule has 0 atom stereocenters. The molecule has 2 aromatic carbocycles. The molecule has 180 valence electrons. The Morgan fingerprint density at radius 2 is 1.80 bits per heavy atom. The molecule has 5 rings (SSSR count). The van der Waals surface area contributed by atoms with E-state index in [2.05, 4.69) is 25.5 Å². The Balaban J connectivity index is 1.41. The molecule has 2 aromatic heterocycles. The minimum atomic E-state index is -0.660. The maximum atomic E-state index is 15.0. The molecule has 1 fully saturated rings. The van der Waals surface area contributed by atoms with Crippen LogP contribution in [0, 0.1) is 5.82 Å². The second-order valence-electron chi connectivity index (χ2n) is 8.44. The number of nitrogens with zero attached hydrogens (tertiary/aromatic N) is 4. The molecular weight excluding hydrogens is 490 g/mol. The summed E-state index contributed by atoms with van der Waals surface area (Å²) in [6.45, 7) is 1.94. The number of piperidine rings is 1. The van der Waals surface area contributed by atoms with Crippen molar-refractivity contribution in [1.29, 1.82) is 0 Å². The van der Waals surface area contributed by atoms with Gasteiger partial charge in [-0.05, 0) is 43.5 Å². The summed E-state index contributed by atoms with van der Waals surface area (Å²) in [7, 11) is 1.73. The van der Waals surface area contributed by atoms with E-state index >= 15 is 0 Å². The third kappa shape index (κ3) is 4.76. The third-order valence-corrected chi connectivity index (χ3v) is 6.75. The van der Waals surface area contributed by atoms with Gasteiger partial charge in [0.05, 0.1) is 32.3 Å². The zero-order chi connectivity index (χ0) is 24.5. The fraction of sp³-hybridized carbons (Fsp3) is 0.240. The number of carbonyl (C=O) groups excluding carboxylic acids is 1. The third-order valence-electron chi connectivity index (χ3n) is 6.12. The summed E-state index contributed by atoms with van der Waals surface area (Å²) in [6, 6.07) is 11.6. The molecule has 7 nitrogen and oxygen atoms in total. The predicted molar refractivity (Wildman–Crippen MR) is 139 cm³/mol. The summed E-state index contributed by atoms with van der Waals surface area (Å²) >= 11 is 12.5. The SMILES string of the molecule is Cn1c(Nc2c(Cl)cccc2Cl)nc2cc(C(=O)Nc3cc(N4CCCCC4)ccn3)c(F)cc21. The van der Waals surface area contributed by atoms with Crippen LogP contribution in [0.2, 0.25) is 10.0 Å². The van der Waals surface area contributed by atoms with Crippen molar-refractivity contribution >= 4 is 63.3 Å². The van der Waals surface area contributed by atoms with Crippen LogP contribution in [0.3, 0.4) is 0 Å². The van der Waals surface area contributed by atoms with Crippen LogP contribution in [0.4, 0.5) is 27.5 Å². The normalized spacial score (nSPS) is 13.8. The minimum absolute atomic E-state index is 0.122. The number of nitrogens with one attached hydrogen (secondary N) is 2. The number of benzene rings is 2. The van der Waals surface area contributed by atoms with Gasteiger partial charge in [0.2, 0.25) is 5.95 Å². The summed E-state index contributed by atoms with van der Waals surface area (Å²) in [4.78, 5) is 24.0. The lowest BCUT2D eigenvalue weighted by Crippen LogP contribution is -2.29. The van der Waals surface area contributed by atoms with Gasteiger partial charge in [-0.2, -0.15) is 0 Å². The molecule has 3 heterocycles. The van der Waals surface area contributed by atoms with Gasteiger partial charge in [0, 0.05) is 44.2 Å². The number of hydrogen-bond acceptors (Lipinski definition) is 5. The van der Waals surface area contributed by atoms with Crippen molar-refractivity contribution < 1.29 is 9.18 Å². The van der Waals surface area contributed by atoms with E-state index in [0.29, 0.717) is 38.5 Å². The molecule has 0 spiro atoms. The fourth-order valence-corrected chi connectivity index (χ4v) is 4.74. The van der Waals surface area contributed by atoms with Crippen LogP contribution >= 0.6 is 23.2 Å². The highest BCUT2D eigenvalue weighted by molar-refractivity contribution is 6.39. The molecule has 1 saturated heterocycles. The number of hydrogen-bond donors (Lipinski definition) is 2. The van der Waals surface area contributed by atoms with Crippen LogP contribution in [0.15, 0.2) is 48.7 Å². The van der Waals surface area contributed by atoms with E-state index < -0.39 is 11.7 Å². The standard InChI is InChI=1S/C25H23Cl2FN6O/c1-33-21-14-19(28)16(13-20(21)30-25(33)32-23-17(26)6-5-7-18(23)27)24(35)31-22-12-15(8-9-29-22)34-10-3-2-4-11-34/h5-9,12-14H,2-4,10-11H2,1H3,(H,30,32)(H,29,31,35). The van der Waals surface area contributed by atoms with Crippen molar-refractivity contribution in [2.24, 2.45) is 7.05 Å². The Labute approximate surface area is 211 Å². The molecule has 4 aromatic rings. The van der Waals surface area contributed by atoms with Crippen LogP contribution in [0.5, 0.6) is 0 Å². The van der Waals surface area contributed by atoms with E-state index in [1.807, 2.05) is 12.1 Å². The molecule has 0 saturated carbocycles. The summed E-state index contributed by atoms with van der Waals surface area (Å²) in [6.07, 6.45) is 5.15. The van der Waals surface area contributed by atoms with Crippen molar-refractivity contribution in [3.05, 3.63) is 70.1 Å². The molecule has 1 amide bonds. The van der Waals surface area contributed by atoms with Gasteiger partial charge >= 0.3 is 0 Å². The van der Waals surface area contributed by atoms with E-state index in [0.717, 1.165) is 31.6 Å². The van der Waals surface area contributed by atoms with Gasteiger partial charge < -0.3 is 20.1 Å². The quantitative estimate of drug-likeness (QED) is 0.323. The molecule has 1 aliphatic heterocycles. The second kappa shape index (κ2) is 9.71. The molecule has 0 unspecified atom stereocenters. The van der Waals surface area contributed by atoms with Gasteiger partial charge in [-0.25, -0.2) is 14.4 Å². The second-order valence-corrected chi connectivity index (χ2v) is 9.25. The first-order valence-electron chi connectivity index (χ1n) is 11.3. The molecule has 2 N–H and O–H groups in total. The van der Waals surface area contributed by atoms with Gasteiger partial charge in [-0.1, -0.05) is 29.3 Å². The highest BCUT2D eigenvalue weighted by atomic mass is 35.5. The van der Waals surface area contributed by atoms with Crippen LogP contribution in [-0.2, 0) is 7.05 Å². The van der Waals surface area contributed by atoms with E-state index in [4.69, 9.17) is 23.2 Å². The number of fused-ring (bicyclic) bond motifs is 1. The summed E-state index contributed by atoms with van der Waals surface area (Å²) in [5.41, 5.74) is 2.31. The Bertz CT molecular complexity index is 1400. The number of aromatic nitrogens is 3. The zero-order valence-electron chi connectivity index (χ0n) is 19.0. The highest BCUT2D eigenvalue weighted by Crippen LogP contribution is 2.33. The Kier molecular flexibility index (Phi) is 6.49. The lowest BCUT2D eigenvalue weighted by molar-refractivity contribution is 0.102. The number of carbonyl (C=O) groups is 1. The Hall–Kier alpha value is -3.36. The molecule has 1 aliphatic rings. The lowest BCUT2D eigenvalue weighted by Gasteiger charge is -2.28. The van der Waals surface area contributed by atoms with Crippen molar-refractivity contribution in [3.8, 4) is 0 Å². The number of para-hydroxylation sites is 1. The molecule has 0 aliphatic carbocycles. The highest BCUT2D eigenvalue weighted by Gasteiger charge is 2.19. The number of anilines is 4. The van der Waals surface area contributed by atoms with Crippen molar-refractivity contribution in [2.45, 2.75) is 19.3 Å². The number of aryl methyl sites for hydroxylation is 1. The maximum absolute atomic E-state index is 15.0. The molecule has 10 heteroatoms. The van der Waals surface area contributed by atoms with Gasteiger partial charge in [0.1, 0.15) is 11.6 Å². The zero-order valence-corrected chi connectivity index (χ0v) is 20.5. The van der Waals surface area contributed by atoms with Gasteiger partial charge in [0.25, 0.3) is 5.91 Å². The number of amides is 1. The van der Waals surface area contributed by atoms with Crippen molar-refractivity contribution in [3.63, 3.8) is 0 Å². The largest absolute Gasteiger partial charge is 0.371 e. The first-order chi connectivity index (χ1) is 16.9. The van der Waals surface area contributed by atoms with Crippen LogP contribution in [-0.4, -0.2) is 33.5 Å². The van der Waals surface area contributed by atoms with Crippen LogP contribution < -0.4 is 15.5 Å². The molecule has 35 heavy (non-hydrogen) atoms. The predicted octanol–water partition coefficient (Wildman–Crippen LogP) is 6.40. The first-order valence-corrected chi connectivity index (χ1v) is 12.1. The van der Waals surface area contributed by atoms with Crippen LogP contribution in [0.25, 0.3) is 11.0 Å². The number of pyridine rings is 1. The van der Waals surface area contributed by atoms with Gasteiger partial charge in [-0.3, -0.25) is 4.79 Å². The topological polar surface area (TPSA) is 75.1 Å². The molecular formula is C25H23Cl2FN6O. The van der Waals surface area contributed by atoms with E-state index in [-0.39, 0.29) is 5.56 Å². The van der Waals surface area contributed by atoms with Gasteiger partial charge in [0.15, 0.2) is 0 Å². The smallest absolute Gasteiger partial charge is 0.259 e. The monoisotopic (exact) mass is 512 g/mol. The summed E-state index contributed by atoms with van der Waals surface area (Å²) in [5, 5.41) is 6.66. The fourth-order valence-electron chi connectivity index (χ4n) is 4.25. The van der Waals surface area contributed by atoms with Gasteiger partial charge in [-0.15, -0.1) is 0 Å². The molecule has 0 radical (unpaired) electrons. The molecule has 0 bridgehead atoms. The maximum Gasteiger partial charge on any atom is 0.259 e. The van der Waals surface area contributed by atoms with Crippen molar-refractivity contribution in [1.82, 2.24) is 14.5 Å². The number of imidazole rings is 1. The minimum Gasteiger partial charge on any atom is -0.371 e. The average Bonchev–Trinajstić information content (AvgIpc) is 3.16. The Morgan fingerprint density at radius 1 is 1.06 bits per heavy atom. The Morgan fingerprint density at radius 3 is 2.54 bits per heavy atom. The average molecular weight is 513 g/mol. The van der Waals surface area contributed by atoms with E-state index in [9.17, 15) is 9.18 Å². The summed E-state index contributed by atoms with van der Waals surface area (Å²) < 4.78 is 16.7. The summed E-state index contributed by atoms with van der Waals surface area (Å²) in [5.74, 6) is -0.480. The number of rotatable bonds is 5. The number of halogens is 3. The van der Waals surface area contributed by atoms with Crippen LogP contribution in [0.1, 0.15) is 29.6 Å². The van der Waals surface area contributed by atoms with E-state index in [1.165, 1.54) is 18.6 Å². The van der Waals surface area contributed by atoms with E-state index in [1.54, 1.807) is 36.0 Å². The first kappa shape index (κ1) is 23.4. The lowest BCUT2D eigenvalue weighted by atomic mass is 10.1. The van der Waals surface area contributed by atoms with Crippen molar-refractivity contribution in [2.75, 3.05) is 28.6 Å².